The van der Waals surface area contributed by atoms with Gasteiger partial charge in [-0.1, -0.05) is 13.8 Å². The van der Waals surface area contributed by atoms with Crippen LogP contribution in [-0.2, 0) is 14.4 Å². The van der Waals surface area contributed by atoms with Crippen molar-refractivity contribution in [3.63, 3.8) is 0 Å². The van der Waals surface area contributed by atoms with Crippen molar-refractivity contribution >= 4 is 17.8 Å². The Morgan fingerprint density at radius 1 is 1.47 bits per heavy atom. The number of likely N-dealkylation sites (tertiary alicyclic amines) is 1. The molecule has 0 spiro atoms. The van der Waals surface area contributed by atoms with Gasteiger partial charge in [0, 0.05) is 19.5 Å². The Morgan fingerprint density at radius 2 is 2.05 bits per heavy atom. The van der Waals surface area contributed by atoms with E-state index in [1.807, 2.05) is 13.8 Å². The SMILES string of the molecule is CC(C)CN1CC(C(=O)NC(C)(C)C(=O)O)CC1=O. The van der Waals surface area contributed by atoms with Gasteiger partial charge in [0.05, 0.1) is 5.92 Å². The monoisotopic (exact) mass is 270 g/mol. The third-order valence-electron chi connectivity index (χ3n) is 3.14. The van der Waals surface area contributed by atoms with Crippen LogP contribution in [0.1, 0.15) is 34.1 Å². The van der Waals surface area contributed by atoms with Crippen molar-refractivity contribution in [3.05, 3.63) is 0 Å². The maximum absolute atomic E-state index is 12.0. The third-order valence-corrected chi connectivity index (χ3v) is 3.14. The van der Waals surface area contributed by atoms with Crippen molar-refractivity contribution in [2.75, 3.05) is 13.1 Å². The van der Waals surface area contributed by atoms with E-state index in [1.165, 1.54) is 13.8 Å². The topological polar surface area (TPSA) is 86.7 Å². The fraction of sp³-hybridized carbons (Fsp3) is 0.769. The van der Waals surface area contributed by atoms with Gasteiger partial charge in [0.2, 0.25) is 11.8 Å². The molecule has 1 saturated heterocycles. The van der Waals surface area contributed by atoms with Gasteiger partial charge in [-0.25, -0.2) is 4.79 Å². The largest absolute Gasteiger partial charge is 0.480 e. The van der Waals surface area contributed by atoms with Crippen molar-refractivity contribution in [2.45, 2.75) is 39.7 Å². The van der Waals surface area contributed by atoms with Gasteiger partial charge in [0.15, 0.2) is 0 Å². The maximum atomic E-state index is 12.0. The van der Waals surface area contributed by atoms with E-state index in [9.17, 15) is 14.4 Å². The summed E-state index contributed by atoms with van der Waals surface area (Å²) in [5.74, 6) is -1.61. The minimum atomic E-state index is -1.31. The second-order valence-corrected chi connectivity index (χ2v) is 6.01. The molecule has 1 unspecified atom stereocenters. The molecule has 1 fully saturated rings. The lowest BCUT2D eigenvalue weighted by atomic mass is 10.0. The van der Waals surface area contributed by atoms with Crippen LogP contribution in [-0.4, -0.2) is 46.4 Å². The number of carbonyl (C=O) groups excluding carboxylic acids is 2. The highest BCUT2D eigenvalue weighted by Crippen LogP contribution is 2.20. The molecule has 0 bridgehead atoms. The zero-order valence-electron chi connectivity index (χ0n) is 11.9. The van der Waals surface area contributed by atoms with E-state index in [4.69, 9.17) is 5.11 Å². The molecule has 0 radical (unpaired) electrons. The smallest absolute Gasteiger partial charge is 0.328 e. The number of carboxylic acids is 1. The first-order valence-corrected chi connectivity index (χ1v) is 6.46. The molecule has 2 N–H and O–H groups in total. The minimum absolute atomic E-state index is 0.0398. The van der Waals surface area contributed by atoms with Crippen LogP contribution in [0.15, 0.2) is 0 Å². The van der Waals surface area contributed by atoms with Crippen molar-refractivity contribution in [1.29, 1.82) is 0 Å². The summed E-state index contributed by atoms with van der Waals surface area (Å²) in [6.45, 7) is 7.87. The number of amides is 2. The molecule has 0 aliphatic carbocycles. The van der Waals surface area contributed by atoms with Gasteiger partial charge in [-0.3, -0.25) is 9.59 Å². The Balaban J connectivity index is 2.61. The number of hydrogen-bond acceptors (Lipinski definition) is 3. The second-order valence-electron chi connectivity index (χ2n) is 6.01. The zero-order valence-corrected chi connectivity index (χ0v) is 11.9. The van der Waals surface area contributed by atoms with E-state index < -0.39 is 17.4 Å². The maximum Gasteiger partial charge on any atom is 0.328 e. The standard InChI is InChI=1S/C13H22N2O4/c1-8(2)6-15-7-9(5-10(15)16)11(17)14-13(3,4)12(18)19/h8-9H,5-7H2,1-4H3,(H,14,17)(H,18,19). The highest BCUT2D eigenvalue weighted by molar-refractivity contribution is 5.92. The van der Waals surface area contributed by atoms with Gasteiger partial charge in [-0.05, 0) is 19.8 Å². The second kappa shape index (κ2) is 5.59. The van der Waals surface area contributed by atoms with E-state index in [0.29, 0.717) is 19.0 Å². The lowest BCUT2D eigenvalue weighted by molar-refractivity contribution is -0.146. The number of aliphatic carboxylic acids is 1. The molecule has 1 rings (SSSR count). The first kappa shape index (κ1) is 15.5. The molecule has 1 aliphatic heterocycles. The number of carbonyl (C=O) groups is 3. The normalized spacial score (nSPS) is 19.9. The first-order chi connectivity index (χ1) is 8.63. The molecule has 1 aliphatic rings. The molecule has 0 aromatic heterocycles. The van der Waals surface area contributed by atoms with Gasteiger partial charge in [-0.2, -0.15) is 0 Å². The molecule has 1 heterocycles. The average molecular weight is 270 g/mol. The Labute approximate surface area is 113 Å². The van der Waals surface area contributed by atoms with Crippen LogP contribution in [0, 0.1) is 11.8 Å². The predicted octanol–water partition coefficient (Wildman–Crippen LogP) is 0.470. The summed E-state index contributed by atoms with van der Waals surface area (Å²) in [7, 11) is 0. The van der Waals surface area contributed by atoms with Crippen LogP contribution in [0.4, 0.5) is 0 Å². The van der Waals surface area contributed by atoms with Crippen molar-refractivity contribution in [1.82, 2.24) is 10.2 Å². The molecule has 0 aromatic carbocycles. The van der Waals surface area contributed by atoms with E-state index in [-0.39, 0.29) is 18.2 Å². The number of rotatable bonds is 5. The molecular formula is C13H22N2O4. The molecule has 6 nitrogen and oxygen atoms in total. The summed E-state index contributed by atoms with van der Waals surface area (Å²) in [5.41, 5.74) is -1.31. The number of nitrogens with one attached hydrogen (secondary N) is 1. The van der Waals surface area contributed by atoms with Crippen LogP contribution < -0.4 is 5.32 Å². The molecule has 1 atom stereocenters. The van der Waals surface area contributed by atoms with Crippen LogP contribution in [0.2, 0.25) is 0 Å². The van der Waals surface area contributed by atoms with Gasteiger partial charge in [0.25, 0.3) is 0 Å². The van der Waals surface area contributed by atoms with Gasteiger partial charge >= 0.3 is 5.97 Å². The number of nitrogens with zero attached hydrogens (tertiary/aromatic N) is 1. The highest BCUT2D eigenvalue weighted by Gasteiger charge is 2.38. The fourth-order valence-corrected chi connectivity index (χ4v) is 2.03. The zero-order chi connectivity index (χ0) is 14.8. The lowest BCUT2D eigenvalue weighted by Gasteiger charge is -2.23. The number of hydrogen-bond donors (Lipinski definition) is 2. The summed E-state index contributed by atoms with van der Waals surface area (Å²) in [5, 5.41) is 11.4. The minimum Gasteiger partial charge on any atom is -0.480 e. The summed E-state index contributed by atoms with van der Waals surface area (Å²) in [6, 6.07) is 0. The Morgan fingerprint density at radius 3 is 2.53 bits per heavy atom. The molecule has 19 heavy (non-hydrogen) atoms. The molecule has 0 aromatic rings. The molecule has 0 saturated carbocycles. The van der Waals surface area contributed by atoms with E-state index in [0.717, 1.165) is 0 Å². The Hall–Kier alpha value is -1.59. The van der Waals surface area contributed by atoms with Crippen LogP contribution in [0.5, 0.6) is 0 Å². The lowest BCUT2D eigenvalue weighted by Crippen LogP contribution is -2.51. The van der Waals surface area contributed by atoms with Crippen molar-refractivity contribution in [3.8, 4) is 0 Å². The average Bonchev–Trinajstić information content (AvgIpc) is 2.58. The summed E-state index contributed by atoms with van der Waals surface area (Å²) in [6.07, 6.45) is 0.161. The molecule has 108 valence electrons. The predicted molar refractivity (Wildman–Crippen MR) is 69.4 cm³/mol. The summed E-state index contributed by atoms with van der Waals surface area (Å²) in [4.78, 5) is 36.4. The Bertz CT molecular complexity index is 390. The summed E-state index contributed by atoms with van der Waals surface area (Å²) >= 11 is 0. The van der Waals surface area contributed by atoms with Crippen LogP contribution in [0.25, 0.3) is 0 Å². The highest BCUT2D eigenvalue weighted by atomic mass is 16.4. The first-order valence-electron chi connectivity index (χ1n) is 6.46. The fourth-order valence-electron chi connectivity index (χ4n) is 2.03. The van der Waals surface area contributed by atoms with Gasteiger partial charge in [0.1, 0.15) is 5.54 Å². The number of carboxylic acid groups (broad SMARTS) is 1. The molecule has 2 amide bonds. The Kier molecular flexibility index (Phi) is 4.55. The quantitative estimate of drug-likeness (QED) is 0.760. The molecular weight excluding hydrogens is 248 g/mol. The van der Waals surface area contributed by atoms with Crippen molar-refractivity contribution < 1.29 is 19.5 Å². The van der Waals surface area contributed by atoms with Crippen LogP contribution in [0.3, 0.4) is 0 Å². The van der Waals surface area contributed by atoms with Crippen molar-refractivity contribution in [2.24, 2.45) is 11.8 Å². The van der Waals surface area contributed by atoms with Crippen LogP contribution >= 0.6 is 0 Å². The van der Waals surface area contributed by atoms with E-state index >= 15 is 0 Å². The van der Waals surface area contributed by atoms with Gasteiger partial charge in [-0.15, -0.1) is 0 Å². The van der Waals surface area contributed by atoms with E-state index in [1.54, 1.807) is 4.90 Å². The van der Waals surface area contributed by atoms with Gasteiger partial charge < -0.3 is 15.3 Å². The summed E-state index contributed by atoms with van der Waals surface area (Å²) < 4.78 is 0. The van der Waals surface area contributed by atoms with E-state index in [2.05, 4.69) is 5.32 Å². The molecule has 6 heteroatoms. The third kappa shape index (κ3) is 3.94.